The molecule has 0 atom stereocenters. The van der Waals surface area contributed by atoms with Gasteiger partial charge in [-0.25, -0.2) is 10.4 Å². The van der Waals surface area contributed by atoms with Crippen molar-refractivity contribution in [1.82, 2.24) is 9.97 Å². The van der Waals surface area contributed by atoms with Crippen LogP contribution in [0.3, 0.4) is 0 Å². The van der Waals surface area contributed by atoms with Gasteiger partial charge in [0.15, 0.2) is 18.1 Å². The molecule has 0 unspecified atom stereocenters. The number of aromatic amines is 1. The Bertz CT molecular complexity index is 878. The maximum absolute atomic E-state index is 8.57. The number of hydrazone groups is 1. The van der Waals surface area contributed by atoms with Gasteiger partial charge in [-0.2, -0.15) is 10.4 Å². The Morgan fingerprint density at radius 1 is 1.29 bits per heavy atom. The highest BCUT2D eigenvalue weighted by Crippen LogP contribution is 2.27. The van der Waals surface area contributed by atoms with E-state index in [-0.39, 0.29) is 6.61 Å². The number of nitrogens with zero attached hydrogens (tertiary/aromatic N) is 3. The molecule has 0 aliphatic heterocycles. The topological polar surface area (TPSA) is 95.3 Å². The zero-order valence-corrected chi connectivity index (χ0v) is 13.0. The number of H-pyrrole nitrogens is 1. The molecule has 0 spiro atoms. The summed E-state index contributed by atoms with van der Waals surface area (Å²) in [7, 11) is 1.54. The number of nitrogens with one attached hydrogen (secondary N) is 2. The first-order valence-electron chi connectivity index (χ1n) is 7.22. The summed E-state index contributed by atoms with van der Waals surface area (Å²) in [6.45, 7) is -0.0304. The molecule has 24 heavy (non-hydrogen) atoms. The third-order valence-electron chi connectivity index (χ3n) is 3.25. The Morgan fingerprint density at radius 2 is 2.17 bits per heavy atom. The van der Waals surface area contributed by atoms with E-state index in [0.717, 1.165) is 16.6 Å². The van der Waals surface area contributed by atoms with Crippen molar-refractivity contribution in [2.24, 2.45) is 5.10 Å². The van der Waals surface area contributed by atoms with Gasteiger partial charge >= 0.3 is 0 Å². The molecule has 0 saturated heterocycles. The summed E-state index contributed by atoms with van der Waals surface area (Å²) < 4.78 is 10.5. The average Bonchev–Trinajstić information content (AvgIpc) is 3.03. The molecule has 2 aromatic carbocycles. The summed E-state index contributed by atoms with van der Waals surface area (Å²) in [5, 5.41) is 12.7. The fourth-order valence-electron chi connectivity index (χ4n) is 2.17. The lowest BCUT2D eigenvalue weighted by Gasteiger charge is -2.08. The van der Waals surface area contributed by atoms with E-state index in [9.17, 15) is 0 Å². The van der Waals surface area contributed by atoms with Crippen molar-refractivity contribution in [3.63, 3.8) is 0 Å². The SMILES string of the molecule is COc1cc(C=NNc2nc3ccccc3[nH]2)ccc1OCC#N. The number of anilines is 1. The number of hydrogen-bond donors (Lipinski definition) is 2. The predicted octanol–water partition coefficient (Wildman–Crippen LogP) is 2.92. The molecular formula is C17H15N5O2. The van der Waals surface area contributed by atoms with Crippen LogP contribution in [0.5, 0.6) is 11.5 Å². The number of hydrogen-bond acceptors (Lipinski definition) is 6. The standard InChI is InChI=1S/C17H15N5O2/c1-23-16-10-12(6-7-15(16)24-9-8-18)11-19-22-17-20-13-4-2-3-5-14(13)21-17/h2-7,10-11H,9H2,1H3,(H2,20,21,22). The monoisotopic (exact) mass is 321 g/mol. The van der Waals surface area contributed by atoms with E-state index in [2.05, 4.69) is 20.5 Å². The molecule has 0 aliphatic rings. The molecule has 0 aliphatic carbocycles. The lowest BCUT2D eigenvalue weighted by molar-refractivity contribution is 0.329. The lowest BCUT2D eigenvalue weighted by Crippen LogP contribution is -1.98. The minimum Gasteiger partial charge on any atom is -0.493 e. The van der Waals surface area contributed by atoms with Crippen molar-refractivity contribution in [3.05, 3.63) is 48.0 Å². The first-order chi connectivity index (χ1) is 11.8. The molecule has 0 fully saturated rings. The molecule has 2 N–H and O–H groups in total. The first kappa shape index (κ1) is 15.4. The van der Waals surface area contributed by atoms with Gasteiger partial charge in [0.2, 0.25) is 5.95 Å². The first-order valence-corrected chi connectivity index (χ1v) is 7.22. The Morgan fingerprint density at radius 3 is 2.96 bits per heavy atom. The smallest absolute Gasteiger partial charge is 0.222 e. The zero-order valence-electron chi connectivity index (χ0n) is 13.0. The van der Waals surface area contributed by atoms with Crippen molar-refractivity contribution < 1.29 is 9.47 Å². The molecule has 1 heterocycles. The summed E-state index contributed by atoms with van der Waals surface area (Å²) in [6.07, 6.45) is 1.64. The van der Waals surface area contributed by atoms with Crippen LogP contribution in [0.4, 0.5) is 5.95 Å². The predicted molar refractivity (Wildman–Crippen MR) is 91.4 cm³/mol. The number of ether oxygens (including phenoxy) is 2. The van der Waals surface area contributed by atoms with Crippen LogP contribution in [0.15, 0.2) is 47.6 Å². The summed E-state index contributed by atoms with van der Waals surface area (Å²) in [5.74, 6) is 1.62. The van der Waals surface area contributed by atoms with Crippen molar-refractivity contribution in [2.45, 2.75) is 0 Å². The maximum Gasteiger partial charge on any atom is 0.222 e. The van der Waals surface area contributed by atoms with Crippen molar-refractivity contribution in [3.8, 4) is 17.6 Å². The van der Waals surface area contributed by atoms with Gasteiger partial charge in [0.25, 0.3) is 0 Å². The number of nitriles is 1. The summed E-state index contributed by atoms with van der Waals surface area (Å²) >= 11 is 0. The second-order valence-corrected chi connectivity index (χ2v) is 4.83. The maximum atomic E-state index is 8.57. The van der Waals surface area contributed by atoms with Crippen molar-refractivity contribution >= 4 is 23.2 Å². The third kappa shape index (κ3) is 3.44. The second kappa shape index (κ2) is 7.15. The Hall–Kier alpha value is -3.53. The molecule has 0 saturated carbocycles. The number of benzene rings is 2. The van der Waals surface area contributed by atoms with Crippen LogP contribution >= 0.6 is 0 Å². The number of imidazole rings is 1. The average molecular weight is 321 g/mol. The summed E-state index contributed by atoms with van der Waals surface area (Å²) in [4.78, 5) is 7.50. The van der Waals surface area contributed by atoms with Gasteiger partial charge in [-0.1, -0.05) is 12.1 Å². The number of aromatic nitrogens is 2. The zero-order chi connectivity index (χ0) is 16.8. The van der Waals surface area contributed by atoms with Crippen LogP contribution in [0.2, 0.25) is 0 Å². The van der Waals surface area contributed by atoms with Gasteiger partial charge in [0.1, 0.15) is 6.07 Å². The number of rotatable bonds is 6. The fourth-order valence-corrected chi connectivity index (χ4v) is 2.17. The molecule has 7 heteroatoms. The number of methoxy groups -OCH3 is 1. The number of para-hydroxylation sites is 2. The van der Waals surface area contributed by atoms with Crippen molar-refractivity contribution in [1.29, 1.82) is 5.26 Å². The van der Waals surface area contributed by atoms with E-state index in [4.69, 9.17) is 14.7 Å². The molecule has 0 bridgehead atoms. The molecule has 120 valence electrons. The Balaban J connectivity index is 1.70. The van der Waals surface area contributed by atoms with Crippen LogP contribution in [0.25, 0.3) is 11.0 Å². The lowest BCUT2D eigenvalue weighted by atomic mass is 10.2. The highest BCUT2D eigenvalue weighted by Gasteiger charge is 2.05. The fraction of sp³-hybridized carbons (Fsp3) is 0.118. The minimum atomic E-state index is -0.0304. The van der Waals surface area contributed by atoms with Gasteiger partial charge < -0.3 is 14.5 Å². The quantitative estimate of drug-likeness (QED) is 0.537. The van der Waals surface area contributed by atoms with E-state index in [0.29, 0.717) is 17.4 Å². The molecular weight excluding hydrogens is 306 g/mol. The summed E-state index contributed by atoms with van der Waals surface area (Å²) in [5.41, 5.74) is 5.49. The van der Waals surface area contributed by atoms with E-state index in [1.807, 2.05) is 36.4 Å². The third-order valence-corrected chi connectivity index (χ3v) is 3.25. The van der Waals surface area contributed by atoms with Crippen LogP contribution in [-0.2, 0) is 0 Å². The highest BCUT2D eigenvalue weighted by atomic mass is 16.5. The van der Waals surface area contributed by atoms with E-state index < -0.39 is 0 Å². The van der Waals surface area contributed by atoms with E-state index in [1.165, 1.54) is 0 Å². The molecule has 1 aromatic heterocycles. The van der Waals surface area contributed by atoms with Gasteiger partial charge in [0, 0.05) is 0 Å². The molecule has 0 radical (unpaired) electrons. The van der Waals surface area contributed by atoms with Gasteiger partial charge in [-0.3, -0.25) is 0 Å². The summed E-state index contributed by atoms with van der Waals surface area (Å²) in [6, 6.07) is 15.0. The van der Waals surface area contributed by atoms with Gasteiger partial charge in [0.05, 0.1) is 24.4 Å². The van der Waals surface area contributed by atoms with Crippen LogP contribution < -0.4 is 14.9 Å². The van der Waals surface area contributed by atoms with Crippen molar-refractivity contribution in [2.75, 3.05) is 19.1 Å². The van der Waals surface area contributed by atoms with Crippen LogP contribution in [0, 0.1) is 11.3 Å². The second-order valence-electron chi connectivity index (χ2n) is 4.83. The molecule has 7 nitrogen and oxygen atoms in total. The Labute approximate surface area is 138 Å². The Kier molecular flexibility index (Phi) is 4.58. The highest BCUT2D eigenvalue weighted by molar-refractivity contribution is 5.82. The number of fused-ring (bicyclic) bond motifs is 1. The van der Waals surface area contributed by atoms with Crippen LogP contribution in [0.1, 0.15) is 5.56 Å². The minimum absolute atomic E-state index is 0.0304. The van der Waals surface area contributed by atoms with E-state index >= 15 is 0 Å². The molecule has 3 aromatic rings. The molecule has 0 amide bonds. The van der Waals surface area contributed by atoms with Crippen LogP contribution in [-0.4, -0.2) is 29.9 Å². The normalized spacial score (nSPS) is 10.7. The molecule has 3 rings (SSSR count). The van der Waals surface area contributed by atoms with Gasteiger partial charge in [-0.15, -0.1) is 0 Å². The van der Waals surface area contributed by atoms with Gasteiger partial charge in [-0.05, 0) is 35.9 Å². The van der Waals surface area contributed by atoms with E-state index in [1.54, 1.807) is 25.5 Å². The largest absolute Gasteiger partial charge is 0.493 e.